The highest BCUT2D eigenvalue weighted by atomic mass is 79.9. The maximum Gasteiger partial charge on any atom is 0.140 e. The predicted molar refractivity (Wildman–Crippen MR) is 68.3 cm³/mol. The van der Waals surface area contributed by atoms with E-state index in [1.165, 1.54) is 4.88 Å². The zero-order valence-electron chi connectivity index (χ0n) is 8.27. The number of hydrogen-bond donors (Lipinski definition) is 1. The summed E-state index contributed by atoms with van der Waals surface area (Å²) in [7, 11) is 0. The van der Waals surface area contributed by atoms with E-state index >= 15 is 0 Å². The van der Waals surface area contributed by atoms with Crippen molar-refractivity contribution < 1.29 is 0 Å². The van der Waals surface area contributed by atoms with Crippen LogP contribution in [-0.4, -0.2) is 4.98 Å². The van der Waals surface area contributed by atoms with Crippen molar-refractivity contribution in [3.63, 3.8) is 0 Å². The molecule has 0 bridgehead atoms. The fraction of sp³-hybridized carbons (Fsp3) is 0.0909. The number of halogens is 1. The third kappa shape index (κ3) is 2.60. The van der Waals surface area contributed by atoms with Crippen LogP contribution in [0.2, 0.25) is 0 Å². The predicted octanol–water partition coefficient (Wildman–Crippen LogP) is 3.39. The monoisotopic (exact) mass is 293 g/mol. The van der Waals surface area contributed by atoms with Gasteiger partial charge >= 0.3 is 0 Å². The molecule has 2 rings (SSSR count). The van der Waals surface area contributed by atoms with E-state index in [9.17, 15) is 0 Å². The van der Waals surface area contributed by atoms with Gasteiger partial charge in [-0.05, 0) is 39.5 Å². The summed E-state index contributed by atoms with van der Waals surface area (Å²) >= 11 is 5.17. The summed E-state index contributed by atoms with van der Waals surface area (Å²) in [5.41, 5.74) is 1.35. The number of nitrogens with one attached hydrogen (secondary N) is 1. The average molecular weight is 294 g/mol. The molecule has 0 saturated heterocycles. The molecule has 1 N–H and O–H groups in total. The highest BCUT2D eigenvalue weighted by molar-refractivity contribution is 9.10. The molecule has 3 nitrogen and oxygen atoms in total. The molecule has 0 aliphatic rings. The maximum atomic E-state index is 8.61. The molecular formula is C11H8BrN3S. The van der Waals surface area contributed by atoms with E-state index in [-0.39, 0.29) is 0 Å². The molecule has 2 heterocycles. The van der Waals surface area contributed by atoms with Crippen LogP contribution in [0.4, 0.5) is 5.69 Å². The SMILES string of the molecule is N#Cc1ccc(NCc2sccc2Br)cn1. The summed E-state index contributed by atoms with van der Waals surface area (Å²) in [5.74, 6) is 0. The molecule has 0 radical (unpaired) electrons. The van der Waals surface area contributed by atoms with E-state index in [0.29, 0.717) is 5.69 Å². The molecule has 2 aromatic heterocycles. The van der Waals surface area contributed by atoms with Gasteiger partial charge in [0.25, 0.3) is 0 Å². The van der Waals surface area contributed by atoms with Crippen molar-refractivity contribution in [3.8, 4) is 6.07 Å². The van der Waals surface area contributed by atoms with Gasteiger partial charge in [0.1, 0.15) is 11.8 Å². The van der Waals surface area contributed by atoms with Crippen molar-refractivity contribution in [2.45, 2.75) is 6.54 Å². The van der Waals surface area contributed by atoms with Crippen molar-refractivity contribution in [3.05, 3.63) is 44.8 Å². The van der Waals surface area contributed by atoms with Gasteiger partial charge in [0.05, 0.1) is 18.4 Å². The second-order valence-corrected chi connectivity index (χ2v) is 4.94. The van der Waals surface area contributed by atoms with Gasteiger partial charge in [0.15, 0.2) is 0 Å². The number of anilines is 1. The minimum atomic E-state index is 0.433. The quantitative estimate of drug-likeness (QED) is 0.944. The summed E-state index contributed by atoms with van der Waals surface area (Å²) < 4.78 is 1.12. The molecule has 0 spiro atoms. The molecule has 0 fully saturated rings. The van der Waals surface area contributed by atoms with Gasteiger partial charge in [-0.15, -0.1) is 11.3 Å². The Morgan fingerprint density at radius 3 is 2.88 bits per heavy atom. The summed E-state index contributed by atoms with van der Waals surface area (Å²) in [4.78, 5) is 5.23. The van der Waals surface area contributed by atoms with Crippen molar-refractivity contribution in [2.75, 3.05) is 5.32 Å². The molecule has 0 atom stereocenters. The Labute approximate surface area is 106 Å². The van der Waals surface area contributed by atoms with Crippen LogP contribution in [0.25, 0.3) is 0 Å². The third-order valence-corrected chi connectivity index (χ3v) is 3.95. The van der Waals surface area contributed by atoms with Crippen LogP contribution >= 0.6 is 27.3 Å². The molecule has 0 aliphatic heterocycles. The highest BCUT2D eigenvalue weighted by Gasteiger charge is 2.01. The number of nitrogens with zero attached hydrogens (tertiary/aromatic N) is 2. The minimum absolute atomic E-state index is 0.433. The molecule has 16 heavy (non-hydrogen) atoms. The zero-order valence-corrected chi connectivity index (χ0v) is 10.7. The van der Waals surface area contributed by atoms with Crippen LogP contribution < -0.4 is 5.32 Å². The van der Waals surface area contributed by atoms with Gasteiger partial charge in [-0.2, -0.15) is 5.26 Å². The summed E-state index contributed by atoms with van der Waals surface area (Å²) in [6.45, 7) is 0.756. The standard InChI is InChI=1S/C11H8BrN3S/c12-10-3-4-16-11(10)7-15-9-2-1-8(5-13)14-6-9/h1-4,6,15H,7H2. The van der Waals surface area contributed by atoms with Crippen molar-refractivity contribution in [1.29, 1.82) is 5.26 Å². The number of hydrogen-bond acceptors (Lipinski definition) is 4. The largest absolute Gasteiger partial charge is 0.379 e. The normalized spacial score (nSPS) is 9.75. The van der Waals surface area contributed by atoms with Crippen molar-refractivity contribution in [2.24, 2.45) is 0 Å². The fourth-order valence-corrected chi connectivity index (χ4v) is 2.63. The lowest BCUT2D eigenvalue weighted by Crippen LogP contribution is -1.98. The lowest BCUT2D eigenvalue weighted by molar-refractivity contribution is 1.16. The number of thiophene rings is 1. The first-order valence-corrected chi connectivity index (χ1v) is 6.29. The van der Waals surface area contributed by atoms with E-state index in [1.54, 1.807) is 23.6 Å². The molecule has 0 saturated carbocycles. The smallest absolute Gasteiger partial charge is 0.140 e. The summed E-state index contributed by atoms with van der Waals surface area (Å²) in [6, 6.07) is 7.57. The lowest BCUT2D eigenvalue weighted by Gasteiger charge is -2.04. The van der Waals surface area contributed by atoms with Gasteiger partial charge < -0.3 is 5.32 Å². The van der Waals surface area contributed by atoms with Crippen LogP contribution in [0.3, 0.4) is 0 Å². The van der Waals surface area contributed by atoms with Crippen LogP contribution in [0, 0.1) is 11.3 Å². The second kappa shape index (κ2) is 5.10. The van der Waals surface area contributed by atoms with Crippen molar-refractivity contribution >= 4 is 33.0 Å². The molecule has 0 unspecified atom stereocenters. The van der Waals surface area contributed by atoms with Gasteiger partial charge in [0, 0.05) is 9.35 Å². The topological polar surface area (TPSA) is 48.7 Å². The Balaban J connectivity index is 2.00. The maximum absolute atomic E-state index is 8.61. The van der Waals surface area contributed by atoms with Gasteiger partial charge in [-0.25, -0.2) is 4.98 Å². The molecule has 0 amide bonds. The van der Waals surface area contributed by atoms with E-state index < -0.39 is 0 Å². The molecule has 0 aliphatic carbocycles. The first kappa shape index (κ1) is 11.1. The summed E-state index contributed by atoms with van der Waals surface area (Å²) in [6.07, 6.45) is 1.67. The van der Waals surface area contributed by atoms with Crippen molar-refractivity contribution in [1.82, 2.24) is 4.98 Å². The molecule has 2 aromatic rings. The number of aromatic nitrogens is 1. The molecule has 0 aromatic carbocycles. The Hall–Kier alpha value is -1.38. The Bertz CT molecular complexity index is 513. The van der Waals surface area contributed by atoms with Gasteiger partial charge in [-0.3, -0.25) is 0 Å². The van der Waals surface area contributed by atoms with Crippen LogP contribution in [0.5, 0.6) is 0 Å². The fourth-order valence-electron chi connectivity index (χ4n) is 1.20. The van der Waals surface area contributed by atoms with E-state index in [4.69, 9.17) is 5.26 Å². The first-order chi connectivity index (χ1) is 7.79. The Morgan fingerprint density at radius 1 is 1.44 bits per heavy atom. The van der Waals surface area contributed by atoms with E-state index in [2.05, 4.69) is 26.2 Å². The van der Waals surface area contributed by atoms with Crippen LogP contribution in [0.1, 0.15) is 10.6 Å². The lowest BCUT2D eigenvalue weighted by atomic mass is 10.3. The first-order valence-electron chi connectivity index (χ1n) is 4.61. The van der Waals surface area contributed by atoms with Gasteiger partial charge in [-0.1, -0.05) is 0 Å². The molecule has 80 valence electrons. The number of rotatable bonds is 3. The minimum Gasteiger partial charge on any atom is -0.379 e. The van der Waals surface area contributed by atoms with Gasteiger partial charge in [0.2, 0.25) is 0 Å². The number of nitriles is 1. The molecule has 5 heteroatoms. The van der Waals surface area contributed by atoms with Crippen LogP contribution in [-0.2, 0) is 6.54 Å². The Morgan fingerprint density at radius 2 is 2.31 bits per heavy atom. The Kier molecular flexibility index (Phi) is 3.54. The zero-order chi connectivity index (χ0) is 11.4. The third-order valence-electron chi connectivity index (χ3n) is 2.02. The van der Waals surface area contributed by atoms with E-state index in [1.807, 2.05) is 23.6 Å². The van der Waals surface area contributed by atoms with E-state index in [0.717, 1.165) is 16.7 Å². The average Bonchev–Trinajstić information content (AvgIpc) is 2.73. The highest BCUT2D eigenvalue weighted by Crippen LogP contribution is 2.23. The summed E-state index contributed by atoms with van der Waals surface area (Å²) in [5, 5.41) is 13.9. The van der Waals surface area contributed by atoms with Crippen LogP contribution in [0.15, 0.2) is 34.2 Å². The second-order valence-electron chi connectivity index (χ2n) is 3.09. The number of pyridine rings is 1. The molecular weight excluding hydrogens is 286 g/mol.